The molecule has 0 aromatic rings. The number of aliphatic carboxylic acids is 1. The van der Waals surface area contributed by atoms with Crippen molar-refractivity contribution in [3.8, 4) is 0 Å². The number of unbranched alkanes of at least 4 members (excludes halogenated alkanes) is 9. The largest absolute Gasteiger partial charge is 0.480 e. The Bertz CT molecular complexity index is 269. The van der Waals surface area contributed by atoms with Gasteiger partial charge in [0, 0.05) is 6.54 Å². The lowest BCUT2D eigenvalue weighted by Crippen LogP contribution is -2.35. The molecular weight excluding hydrogens is 258 g/mol. The molecule has 2 N–H and O–H groups in total. The molecule has 0 saturated carbocycles. The van der Waals surface area contributed by atoms with Crippen molar-refractivity contribution in [3.63, 3.8) is 0 Å². The van der Waals surface area contributed by atoms with Gasteiger partial charge in [-0.3, -0.25) is 9.69 Å². The molecule has 0 aromatic carbocycles. The molecule has 0 saturated heterocycles. The zero-order chi connectivity index (χ0) is 15.2. The van der Waals surface area contributed by atoms with Gasteiger partial charge >= 0.3 is 12.1 Å². The molecule has 0 fully saturated rings. The minimum atomic E-state index is -1.15. The lowest BCUT2D eigenvalue weighted by Gasteiger charge is -2.16. The Kier molecular flexibility index (Phi) is 12.0. The Hall–Kier alpha value is -1.26. The Morgan fingerprint density at radius 3 is 1.65 bits per heavy atom. The summed E-state index contributed by atoms with van der Waals surface area (Å²) in [6.07, 6.45) is 10.7. The molecule has 0 rings (SSSR count). The van der Waals surface area contributed by atoms with Crippen LogP contribution in [0, 0.1) is 0 Å². The number of hydrogen-bond donors (Lipinski definition) is 2. The molecule has 5 heteroatoms. The van der Waals surface area contributed by atoms with Gasteiger partial charge in [-0.2, -0.15) is 0 Å². The van der Waals surface area contributed by atoms with Gasteiger partial charge in [-0.05, 0) is 6.42 Å². The predicted molar refractivity (Wildman–Crippen MR) is 79.1 cm³/mol. The van der Waals surface area contributed by atoms with Gasteiger partial charge in [0.05, 0.1) is 0 Å². The summed E-state index contributed by atoms with van der Waals surface area (Å²) in [4.78, 5) is 22.2. The third-order valence-electron chi connectivity index (χ3n) is 3.38. The van der Waals surface area contributed by atoms with Crippen LogP contribution in [0.15, 0.2) is 0 Å². The van der Waals surface area contributed by atoms with Crippen molar-refractivity contribution in [3.05, 3.63) is 0 Å². The van der Waals surface area contributed by atoms with Gasteiger partial charge in [0.2, 0.25) is 0 Å². The Balaban J connectivity index is 3.41. The van der Waals surface area contributed by atoms with Gasteiger partial charge in [0.1, 0.15) is 6.54 Å². The van der Waals surface area contributed by atoms with E-state index >= 15 is 0 Å². The number of rotatable bonds is 13. The SMILES string of the molecule is CCCCCCCCCCCCN(CC(=O)O)C(=O)O. The summed E-state index contributed by atoms with van der Waals surface area (Å²) in [7, 11) is 0. The molecule has 0 spiro atoms. The van der Waals surface area contributed by atoms with Gasteiger partial charge < -0.3 is 10.2 Å². The Morgan fingerprint density at radius 1 is 0.800 bits per heavy atom. The fraction of sp³-hybridized carbons (Fsp3) is 0.867. The van der Waals surface area contributed by atoms with Crippen molar-refractivity contribution in [1.82, 2.24) is 4.90 Å². The van der Waals surface area contributed by atoms with E-state index in [1.807, 2.05) is 0 Å². The third kappa shape index (κ3) is 11.8. The predicted octanol–water partition coefficient (Wildman–Crippen LogP) is 3.97. The summed E-state index contributed by atoms with van der Waals surface area (Å²) >= 11 is 0. The molecule has 0 aliphatic heterocycles. The first-order valence-corrected chi connectivity index (χ1v) is 7.77. The van der Waals surface area contributed by atoms with E-state index in [2.05, 4.69) is 6.92 Å². The lowest BCUT2D eigenvalue weighted by molar-refractivity contribution is -0.137. The summed E-state index contributed by atoms with van der Waals surface area (Å²) in [5, 5.41) is 17.4. The summed E-state index contributed by atoms with van der Waals surface area (Å²) in [5.74, 6) is -1.10. The highest BCUT2D eigenvalue weighted by molar-refractivity contribution is 5.75. The summed E-state index contributed by atoms with van der Waals surface area (Å²) in [5.41, 5.74) is 0. The van der Waals surface area contributed by atoms with Crippen LogP contribution in [0.1, 0.15) is 71.1 Å². The Labute approximate surface area is 122 Å². The van der Waals surface area contributed by atoms with Crippen LogP contribution in [-0.4, -0.2) is 40.3 Å². The summed E-state index contributed by atoms with van der Waals surface area (Å²) in [6, 6.07) is 0. The van der Waals surface area contributed by atoms with E-state index < -0.39 is 18.6 Å². The van der Waals surface area contributed by atoms with Crippen LogP contribution in [0.3, 0.4) is 0 Å². The molecule has 0 heterocycles. The molecule has 0 aliphatic carbocycles. The highest BCUT2D eigenvalue weighted by Gasteiger charge is 2.14. The molecule has 0 radical (unpaired) electrons. The highest BCUT2D eigenvalue weighted by Crippen LogP contribution is 2.10. The first-order chi connectivity index (χ1) is 9.57. The zero-order valence-corrected chi connectivity index (χ0v) is 12.6. The van der Waals surface area contributed by atoms with E-state index in [-0.39, 0.29) is 0 Å². The molecule has 0 atom stereocenters. The van der Waals surface area contributed by atoms with E-state index in [4.69, 9.17) is 10.2 Å². The molecule has 5 nitrogen and oxygen atoms in total. The third-order valence-corrected chi connectivity index (χ3v) is 3.38. The molecule has 118 valence electrons. The quantitative estimate of drug-likeness (QED) is 0.502. The highest BCUT2D eigenvalue weighted by atomic mass is 16.4. The van der Waals surface area contributed by atoms with Crippen LogP contribution >= 0.6 is 0 Å². The van der Waals surface area contributed by atoms with Crippen LogP contribution in [0.5, 0.6) is 0 Å². The minimum absolute atomic E-state index is 0.318. The summed E-state index contributed by atoms with van der Waals surface area (Å²) in [6.45, 7) is 2.11. The standard InChI is InChI=1S/C15H29NO4/c1-2-3-4-5-6-7-8-9-10-11-12-16(15(19)20)13-14(17)18/h2-13H2,1H3,(H,17,18)(H,19,20). The minimum Gasteiger partial charge on any atom is -0.480 e. The van der Waals surface area contributed by atoms with Crippen molar-refractivity contribution in [2.24, 2.45) is 0 Å². The topological polar surface area (TPSA) is 77.8 Å². The first kappa shape index (κ1) is 18.7. The van der Waals surface area contributed by atoms with Crippen LogP contribution in [0.4, 0.5) is 4.79 Å². The number of nitrogens with zero attached hydrogens (tertiary/aromatic N) is 1. The maximum atomic E-state index is 10.8. The maximum Gasteiger partial charge on any atom is 0.407 e. The number of amides is 1. The average Bonchev–Trinajstić information content (AvgIpc) is 2.39. The molecule has 0 aliphatic rings. The van der Waals surface area contributed by atoms with E-state index in [0.29, 0.717) is 6.54 Å². The summed E-state index contributed by atoms with van der Waals surface area (Å²) < 4.78 is 0. The van der Waals surface area contributed by atoms with Crippen molar-refractivity contribution in [2.75, 3.05) is 13.1 Å². The molecule has 0 bridgehead atoms. The van der Waals surface area contributed by atoms with Crippen LogP contribution in [0.2, 0.25) is 0 Å². The first-order valence-electron chi connectivity index (χ1n) is 7.77. The van der Waals surface area contributed by atoms with Gasteiger partial charge in [0.25, 0.3) is 0 Å². The van der Waals surface area contributed by atoms with Gasteiger partial charge in [-0.15, -0.1) is 0 Å². The van der Waals surface area contributed by atoms with E-state index in [9.17, 15) is 9.59 Å². The maximum absolute atomic E-state index is 10.8. The second-order valence-corrected chi connectivity index (χ2v) is 5.28. The number of carboxylic acid groups (broad SMARTS) is 2. The van der Waals surface area contributed by atoms with E-state index in [1.165, 1.54) is 44.9 Å². The van der Waals surface area contributed by atoms with Gasteiger partial charge in [0.15, 0.2) is 0 Å². The van der Waals surface area contributed by atoms with Crippen molar-refractivity contribution in [1.29, 1.82) is 0 Å². The number of carbonyl (C=O) groups is 2. The van der Waals surface area contributed by atoms with Crippen molar-refractivity contribution < 1.29 is 19.8 Å². The zero-order valence-electron chi connectivity index (χ0n) is 12.6. The molecule has 0 aromatic heterocycles. The van der Waals surface area contributed by atoms with Crippen molar-refractivity contribution >= 4 is 12.1 Å². The normalized spacial score (nSPS) is 10.4. The van der Waals surface area contributed by atoms with Crippen molar-refractivity contribution in [2.45, 2.75) is 71.1 Å². The van der Waals surface area contributed by atoms with Crippen LogP contribution in [-0.2, 0) is 4.79 Å². The fourth-order valence-electron chi connectivity index (χ4n) is 2.20. The van der Waals surface area contributed by atoms with E-state index in [1.54, 1.807) is 0 Å². The molecule has 0 unspecified atom stereocenters. The van der Waals surface area contributed by atoms with Gasteiger partial charge in [-0.25, -0.2) is 4.79 Å². The average molecular weight is 287 g/mol. The molecular formula is C15H29NO4. The molecule has 1 amide bonds. The van der Waals surface area contributed by atoms with Crippen LogP contribution < -0.4 is 0 Å². The second-order valence-electron chi connectivity index (χ2n) is 5.28. The van der Waals surface area contributed by atoms with Gasteiger partial charge in [-0.1, -0.05) is 64.7 Å². The van der Waals surface area contributed by atoms with Crippen LogP contribution in [0.25, 0.3) is 0 Å². The lowest BCUT2D eigenvalue weighted by atomic mass is 10.1. The number of carboxylic acids is 1. The smallest absolute Gasteiger partial charge is 0.407 e. The molecule has 20 heavy (non-hydrogen) atoms. The monoisotopic (exact) mass is 287 g/mol. The van der Waals surface area contributed by atoms with E-state index in [0.717, 1.165) is 24.2 Å². The second kappa shape index (κ2) is 12.8. The number of hydrogen-bond acceptors (Lipinski definition) is 2. The Morgan fingerprint density at radius 2 is 1.25 bits per heavy atom. The fourth-order valence-corrected chi connectivity index (χ4v) is 2.20.